The highest BCUT2D eigenvalue weighted by Gasteiger charge is 2.10. The Morgan fingerprint density at radius 3 is 2.69 bits per heavy atom. The van der Waals surface area contributed by atoms with Gasteiger partial charge in [-0.05, 0) is 13.0 Å². The minimum Gasteiger partial charge on any atom is -0.496 e. The lowest BCUT2D eigenvalue weighted by molar-refractivity contribution is 0.101. The highest BCUT2D eigenvalue weighted by atomic mass is 16.5. The van der Waals surface area contributed by atoms with Gasteiger partial charge in [0.2, 0.25) is 0 Å². The Bertz CT molecular complexity index is 318. The number of ketones is 1. The third kappa shape index (κ3) is 1.87. The number of Topliss-reactive ketones (excluding diaryl/α,β-unsaturated/α-hetero) is 1. The molecule has 0 saturated heterocycles. The van der Waals surface area contributed by atoms with Gasteiger partial charge in [-0.3, -0.25) is 4.79 Å². The molecule has 0 aliphatic rings. The summed E-state index contributed by atoms with van der Waals surface area (Å²) in [5, 5.41) is 9.05. The maximum atomic E-state index is 11.1. The number of ether oxygens (including phenoxy) is 1. The van der Waals surface area contributed by atoms with E-state index in [1.165, 1.54) is 14.0 Å². The van der Waals surface area contributed by atoms with Crippen LogP contribution in [-0.4, -0.2) is 18.0 Å². The average molecular weight is 180 g/mol. The van der Waals surface area contributed by atoms with Gasteiger partial charge in [0.05, 0.1) is 13.7 Å². The molecule has 1 aromatic carbocycles. The van der Waals surface area contributed by atoms with Crippen LogP contribution in [0.5, 0.6) is 5.75 Å². The predicted molar refractivity (Wildman–Crippen MR) is 48.9 cm³/mol. The van der Waals surface area contributed by atoms with Gasteiger partial charge in [0.1, 0.15) is 5.75 Å². The molecule has 13 heavy (non-hydrogen) atoms. The van der Waals surface area contributed by atoms with E-state index in [0.717, 1.165) is 0 Å². The van der Waals surface area contributed by atoms with Crippen molar-refractivity contribution < 1.29 is 14.6 Å². The highest BCUT2D eigenvalue weighted by molar-refractivity contribution is 5.96. The zero-order valence-electron chi connectivity index (χ0n) is 7.70. The summed E-state index contributed by atoms with van der Waals surface area (Å²) in [6.45, 7) is 1.28. The van der Waals surface area contributed by atoms with Crippen molar-refractivity contribution >= 4 is 5.78 Å². The Kier molecular flexibility index (Phi) is 3.03. The third-order valence-electron chi connectivity index (χ3n) is 1.89. The lowest BCUT2D eigenvalue weighted by Crippen LogP contribution is -2.02. The standard InChI is InChI=1S/C10H12O3/c1-7(12)8-4-3-5-10(13-2)9(8)6-11/h3-5,11H,6H2,1-2H3. The summed E-state index contributed by atoms with van der Waals surface area (Å²) in [4.78, 5) is 11.1. The molecule has 0 saturated carbocycles. The Balaban J connectivity index is 3.27. The van der Waals surface area contributed by atoms with E-state index in [2.05, 4.69) is 0 Å². The Morgan fingerprint density at radius 2 is 2.23 bits per heavy atom. The van der Waals surface area contributed by atoms with Crippen LogP contribution in [0.1, 0.15) is 22.8 Å². The molecule has 0 bridgehead atoms. The predicted octanol–water partition coefficient (Wildman–Crippen LogP) is 1.39. The normalized spacial score (nSPS) is 9.77. The molecule has 3 nitrogen and oxygen atoms in total. The number of aliphatic hydroxyl groups is 1. The molecular weight excluding hydrogens is 168 g/mol. The molecule has 1 rings (SSSR count). The van der Waals surface area contributed by atoms with Crippen LogP contribution < -0.4 is 4.74 Å². The number of methoxy groups -OCH3 is 1. The Hall–Kier alpha value is -1.35. The minimum atomic E-state index is -0.182. The average Bonchev–Trinajstić information content (AvgIpc) is 2.16. The molecule has 1 aromatic rings. The second kappa shape index (κ2) is 4.05. The zero-order valence-corrected chi connectivity index (χ0v) is 7.70. The SMILES string of the molecule is COc1cccc(C(C)=O)c1CO. The molecule has 3 heteroatoms. The third-order valence-corrected chi connectivity index (χ3v) is 1.89. The summed E-state index contributed by atoms with van der Waals surface area (Å²) >= 11 is 0. The molecule has 0 amide bonds. The van der Waals surface area contributed by atoms with Gasteiger partial charge in [0.15, 0.2) is 5.78 Å². The van der Waals surface area contributed by atoms with E-state index in [1.807, 2.05) is 0 Å². The fourth-order valence-corrected chi connectivity index (χ4v) is 1.25. The number of carbonyl (C=O) groups is 1. The fourth-order valence-electron chi connectivity index (χ4n) is 1.25. The second-order valence-corrected chi connectivity index (χ2v) is 2.70. The summed E-state index contributed by atoms with van der Waals surface area (Å²) in [6, 6.07) is 5.13. The van der Waals surface area contributed by atoms with Crippen molar-refractivity contribution in [3.05, 3.63) is 29.3 Å². The van der Waals surface area contributed by atoms with E-state index in [-0.39, 0.29) is 12.4 Å². The van der Waals surface area contributed by atoms with Crippen molar-refractivity contribution in [1.29, 1.82) is 0 Å². The molecule has 0 heterocycles. The van der Waals surface area contributed by atoms with Gasteiger partial charge in [-0.1, -0.05) is 12.1 Å². The highest BCUT2D eigenvalue weighted by Crippen LogP contribution is 2.22. The first kappa shape index (κ1) is 9.74. The monoisotopic (exact) mass is 180 g/mol. The number of aliphatic hydroxyl groups excluding tert-OH is 1. The molecule has 0 atom stereocenters. The largest absolute Gasteiger partial charge is 0.496 e. The first-order valence-electron chi connectivity index (χ1n) is 3.98. The van der Waals surface area contributed by atoms with Crippen molar-refractivity contribution in [3.63, 3.8) is 0 Å². The van der Waals surface area contributed by atoms with Gasteiger partial charge in [-0.15, -0.1) is 0 Å². The number of rotatable bonds is 3. The molecule has 0 aromatic heterocycles. The first-order valence-corrected chi connectivity index (χ1v) is 3.98. The maximum absolute atomic E-state index is 11.1. The van der Waals surface area contributed by atoms with E-state index < -0.39 is 0 Å². The lowest BCUT2D eigenvalue weighted by Gasteiger charge is -2.09. The van der Waals surface area contributed by atoms with Crippen molar-refractivity contribution in [2.24, 2.45) is 0 Å². The zero-order chi connectivity index (χ0) is 9.84. The molecule has 70 valence electrons. The molecule has 0 spiro atoms. The van der Waals surface area contributed by atoms with E-state index in [9.17, 15) is 4.79 Å². The van der Waals surface area contributed by atoms with E-state index in [1.54, 1.807) is 18.2 Å². The second-order valence-electron chi connectivity index (χ2n) is 2.70. The van der Waals surface area contributed by atoms with Crippen molar-refractivity contribution in [3.8, 4) is 5.75 Å². The molecule has 0 aliphatic carbocycles. The lowest BCUT2D eigenvalue weighted by atomic mass is 10.0. The van der Waals surface area contributed by atoms with Crippen LogP contribution in [0.15, 0.2) is 18.2 Å². The van der Waals surface area contributed by atoms with E-state index >= 15 is 0 Å². The molecule has 0 aliphatic heterocycles. The number of carbonyl (C=O) groups excluding carboxylic acids is 1. The fraction of sp³-hybridized carbons (Fsp3) is 0.300. The number of hydrogen-bond donors (Lipinski definition) is 1. The van der Waals surface area contributed by atoms with Crippen molar-refractivity contribution in [2.45, 2.75) is 13.5 Å². The summed E-state index contributed by atoms with van der Waals surface area (Å²) in [5.74, 6) is 0.484. The molecular formula is C10H12O3. The molecule has 1 N–H and O–H groups in total. The van der Waals surface area contributed by atoms with Gasteiger partial charge in [-0.2, -0.15) is 0 Å². The molecule has 0 fully saturated rings. The summed E-state index contributed by atoms with van der Waals surface area (Å²) in [7, 11) is 1.51. The summed E-state index contributed by atoms with van der Waals surface area (Å²) < 4.78 is 5.01. The minimum absolute atomic E-state index is 0.0667. The Morgan fingerprint density at radius 1 is 1.54 bits per heavy atom. The van der Waals surface area contributed by atoms with Gasteiger partial charge in [-0.25, -0.2) is 0 Å². The van der Waals surface area contributed by atoms with Crippen molar-refractivity contribution in [2.75, 3.05) is 7.11 Å². The van der Waals surface area contributed by atoms with E-state index in [0.29, 0.717) is 16.9 Å². The Labute approximate surface area is 77.0 Å². The summed E-state index contributed by atoms with van der Waals surface area (Å²) in [6.07, 6.45) is 0. The first-order chi connectivity index (χ1) is 6.20. The van der Waals surface area contributed by atoms with Crippen molar-refractivity contribution in [1.82, 2.24) is 0 Å². The maximum Gasteiger partial charge on any atom is 0.160 e. The van der Waals surface area contributed by atoms with Gasteiger partial charge < -0.3 is 9.84 Å². The van der Waals surface area contributed by atoms with Crippen LogP contribution in [0, 0.1) is 0 Å². The smallest absolute Gasteiger partial charge is 0.160 e. The molecule has 0 radical (unpaired) electrons. The van der Waals surface area contributed by atoms with Gasteiger partial charge in [0, 0.05) is 11.1 Å². The topological polar surface area (TPSA) is 46.5 Å². The van der Waals surface area contributed by atoms with Crippen LogP contribution >= 0.6 is 0 Å². The van der Waals surface area contributed by atoms with Gasteiger partial charge in [0.25, 0.3) is 0 Å². The van der Waals surface area contributed by atoms with Gasteiger partial charge >= 0.3 is 0 Å². The quantitative estimate of drug-likeness (QED) is 0.715. The van der Waals surface area contributed by atoms with Crippen LogP contribution in [0.2, 0.25) is 0 Å². The number of benzene rings is 1. The van der Waals surface area contributed by atoms with Crippen LogP contribution in [0.25, 0.3) is 0 Å². The van der Waals surface area contributed by atoms with Crippen LogP contribution in [-0.2, 0) is 6.61 Å². The van der Waals surface area contributed by atoms with Crippen LogP contribution in [0.4, 0.5) is 0 Å². The van der Waals surface area contributed by atoms with E-state index in [4.69, 9.17) is 9.84 Å². The number of hydrogen-bond acceptors (Lipinski definition) is 3. The summed E-state index contributed by atoms with van der Waals surface area (Å²) in [5.41, 5.74) is 1.07. The molecule has 0 unspecified atom stereocenters. The van der Waals surface area contributed by atoms with Crippen LogP contribution in [0.3, 0.4) is 0 Å².